The number of carbonyl (C=O) groups is 1. The predicted octanol–water partition coefficient (Wildman–Crippen LogP) is 4.74. The molecule has 122 valence electrons. The van der Waals surface area contributed by atoms with Gasteiger partial charge >= 0.3 is 0 Å². The van der Waals surface area contributed by atoms with E-state index >= 15 is 0 Å². The first-order chi connectivity index (χ1) is 10.3. The number of rotatable bonds is 3. The maximum Gasteiger partial charge on any atom is 0.224 e. The van der Waals surface area contributed by atoms with E-state index in [1.165, 1.54) is 6.07 Å². The minimum absolute atomic E-state index is 0.00467. The van der Waals surface area contributed by atoms with Crippen LogP contribution in [-0.4, -0.2) is 11.9 Å². The van der Waals surface area contributed by atoms with Crippen molar-refractivity contribution in [2.24, 2.45) is 11.3 Å². The van der Waals surface area contributed by atoms with Gasteiger partial charge in [0.05, 0.1) is 6.42 Å². The highest BCUT2D eigenvalue weighted by atomic mass is 35.5. The van der Waals surface area contributed by atoms with Gasteiger partial charge in [0.15, 0.2) is 0 Å². The van der Waals surface area contributed by atoms with Gasteiger partial charge < -0.3 is 5.32 Å². The molecule has 4 heteroatoms. The zero-order valence-electron chi connectivity index (χ0n) is 13.6. The lowest BCUT2D eigenvalue weighted by Gasteiger charge is -2.37. The van der Waals surface area contributed by atoms with Crippen molar-refractivity contribution in [2.75, 3.05) is 0 Å². The molecule has 22 heavy (non-hydrogen) atoms. The Bertz CT molecular complexity index is 510. The van der Waals surface area contributed by atoms with Gasteiger partial charge in [-0.15, -0.1) is 0 Å². The molecule has 1 saturated carbocycles. The summed E-state index contributed by atoms with van der Waals surface area (Å²) >= 11 is 5.97. The van der Waals surface area contributed by atoms with Gasteiger partial charge in [-0.1, -0.05) is 38.4 Å². The summed E-state index contributed by atoms with van der Waals surface area (Å²) in [5.41, 5.74) is 0.611. The fraction of sp³-hybridized carbons (Fsp3) is 0.611. The summed E-state index contributed by atoms with van der Waals surface area (Å²) < 4.78 is 13.7. The minimum Gasteiger partial charge on any atom is -0.353 e. The molecule has 0 aromatic heterocycles. The van der Waals surface area contributed by atoms with Crippen LogP contribution in [-0.2, 0) is 11.2 Å². The molecule has 1 amide bonds. The van der Waals surface area contributed by atoms with Gasteiger partial charge in [0.25, 0.3) is 0 Å². The molecular weight excluding hydrogens is 301 g/mol. The van der Waals surface area contributed by atoms with Crippen LogP contribution in [0.25, 0.3) is 0 Å². The van der Waals surface area contributed by atoms with Crippen molar-refractivity contribution >= 4 is 17.5 Å². The lowest BCUT2D eigenvalue weighted by molar-refractivity contribution is -0.121. The SMILES string of the molecule is CC(C)(C)C1CCC(NC(=O)Cc2c(F)cccc2Cl)CC1. The van der Waals surface area contributed by atoms with Crippen LogP contribution in [0.4, 0.5) is 4.39 Å². The second-order valence-electron chi connectivity index (χ2n) is 7.36. The van der Waals surface area contributed by atoms with E-state index in [2.05, 4.69) is 26.1 Å². The predicted molar refractivity (Wildman–Crippen MR) is 88.5 cm³/mol. The summed E-state index contributed by atoms with van der Waals surface area (Å²) in [5.74, 6) is 0.145. The van der Waals surface area contributed by atoms with Crippen molar-refractivity contribution in [1.29, 1.82) is 0 Å². The van der Waals surface area contributed by atoms with Gasteiger partial charge in [0.1, 0.15) is 5.82 Å². The lowest BCUT2D eigenvalue weighted by atomic mass is 9.71. The molecule has 0 saturated heterocycles. The summed E-state index contributed by atoms with van der Waals surface area (Å²) in [6, 6.07) is 4.70. The largest absolute Gasteiger partial charge is 0.353 e. The van der Waals surface area contributed by atoms with E-state index in [4.69, 9.17) is 11.6 Å². The lowest BCUT2D eigenvalue weighted by Crippen LogP contribution is -2.40. The summed E-state index contributed by atoms with van der Waals surface area (Å²) in [4.78, 5) is 12.1. The van der Waals surface area contributed by atoms with Crippen molar-refractivity contribution in [3.63, 3.8) is 0 Å². The van der Waals surface area contributed by atoms with Crippen molar-refractivity contribution in [3.05, 3.63) is 34.6 Å². The van der Waals surface area contributed by atoms with E-state index in [0.717, 1.165) is 25.7 Å². The van der Waals surface area contributed by atoms with Crippen molar-refractivity contribution in [3.8, 4) is 0 Å². The normalized spacial score (nSPS) is 22.4. The first kappa shape index (κ1) is 17.3. The molecule has 0 unspecified atom stereocenters. The van der Waals surface area contributed by atoms with Crippen LogP contribution in [0.15, 0.2) is 18.2 Å². The molecule has 0 radical (unpaired) electrons. The van der Waals surface area contributed by atoms with E-state index in [1.807, 2.05) is 0 Å². The second kappa shape index (κ2) is 6.99. The number of benzene rings is 1. The van der Waals surface area contributed by atoms with Gasteiger partial charge in [-0.05, 0) is 49.1 Å². The zero-order valence-corrected chi connectivity index (χ0v) is 14.3. The Balaban J connectivity index is 1.86. The van der Waals surface area contributed by atoms with Crippen LogP contribution in [0.5, 0.6) is 0 Å². The Labute approximate surface area is 137 Å². The fourth-order valence-corrected chi connectivity index (χ4v) is 3.47. The Morgan fingerprint density at radius 2 is 1.91 bits per heavy atom. The molecule has 2 rings (SSSR count). The molecular formula is C18H25ClFNO. The molecule has 0 bridgehead atoms. The van der Waals surface area contributed by atoms with Gasteiger partial charge in [0.2, 0.25) is 5.91 Å². The Hall–Kier alpha value is -1.09. The van der Waals surface area contributed by atoms with E-state index in [-0.39, 0.29) is 23.9 Å². The van der Waals surface area contributed by atoms with Crippen LogP contribution < -0.4 is 5.32 Å². The van der Waals surface area contributed by atoms with Crippen LogP contribution in [0.1, 0.15) is 52.0 Å². The Morgan fingerprint density at radius 1 is 1.27 bits per heavy atom. The molecule has 1 fully saturated rings. The summed E-state index contributed by atoms with van der Waals surface area (Å²) in [5, 5.41) is 3.34. The minimum atomic E-state index is -0.418. The first-order valence-electron chi connectivity index (χ1n) is 7.99. The molecule has 1 aromatic carbocycles. The molecule has 0 atom stereocenters. The molecule has 1 aliphatic rings. The van der Waals surface area contributed by atoms with Crippen LogP contribution in [0, 0.1) is 17.2 Å². The highest BCUT2D eigenvalue weighted by Gasteiger charge is 2.30. The third kappa shape index (κ3) is 4.45. The van der Waals surface area contributed by atoms with Crippen molar-refractivity contribution in [2.45, 2.75) is 58.9 Å². The van der Waals surface area contributed by atoms with Gasteiger partial charge in [-0.25, -0.2) is 4.39 Å². The Morgan fingerprint density at radius 3 is 2.45 bits per heavy atom. The second-order valence-corrected chi connectivity index (χ2v) is 7.77. The third-order valence-electron chi connectivity index (χ3n) is 4.72. The van der Waals surface area contributed by atoms with Crippen molar-refractivity contribution < 1.29 is 9.18 Å². The van der Waals surface area contributed by atoms with Crippen LogP contribution >= 0.6 is 11.6 Å². The molecule has 0 aliphatic heterocycles. The number of hydrogen-bond acceptors (Lipinski definition) is 1. The van der Waals surface area contributed by atoms with E-state index in [1.54, 1.807) is 12.1 Å². The highest BCUT2D eigenvalue weighted by molar-refractivity contribution is 6.31. The maximum absolute atomic E-state index is 13.7. The fourth-order valence-electron chi connectivity index (χ4n) is 3.24. The molecule has 1 N–H and O–H groups in total. The number of carbonyl (C=O) groups excluding carboxylic acids is 1. The molecule has 2 nitrogen and oxygen atoms in total. The average Bonchev–Trinajstić information content (AvgIpc) is 2.43. The topological polar surface area (TPSA) is 29.1 Å². The first-order valence-corrected chi connectivity index (χ1v) is 8.37. The summed E-state index contributed by atoms with van der Waals surface area (Å²) in [7, 11) is 0. The van der Waals surface area contributed by atoms with Crippen LogP contribution in [0.2, 0.25) is 5.02 Å². The smallest absolute Gasteiger partial charge is 0.224 e. The summed E-state index contributed by atoms with van der Waals surface area (Å²) in [6.07, 6.45) is 4.27. The van der Waals surface area contributed by atoms with E-state index in [0.29, 0.717) is 16.4 Å². The Kier molecular flexibility index (Phi) is 5.49. The number of nitrogens with one attached hydrogen (secondary N) is 1. The number of hydrogen-bond donors (Lipinski definition) is 1. The highest BCUT2D eigenvalue weighted by Crippen LogP contribution is 2.37. The molecule has 0 spiro atoms. The standard InChI is InChI=1S/C18H25ClFNO/c1-18(2,3)12-7-9-13(10-8-12)21-17(22)11-14-15(19)5-4-6-16(14)20/h4-6,12-13H,7-11H2,1-3H3,(H,21,22). The monoisotopic (exact) mass is 325 g/mol. The number of halogens is 2. The summed E-state index contributed by atoms with van der Waals surface area (Å²) in [6.45, 7) is 6.82. The van der Waals surface area contributed by atoms with Gasteiger partial charge in [0, 0.05) is 16.6 Å². The van der Waals surface area contributed by atoms with Gasteiger partial charge in [-0.2, -0.15) is 0 Å². The average molecular weight is 326 g/mol. The maximum atomic E-state index is 13.7. The van der Waals surface area contributed by atoms with Crippen molar-refractivity contribution in [1.82, 2.24) is 5.32 Å². The van der Waals surface area contributed by atoms with E-state index < -0.39 is 5.82 Å². The quantitative estimate of drug-likeness (QED) is 0.854. The molecule has 1 aliphatic carbocycles. The third-order valence-corrected chi connectivity index (χ3v) is 5.07. The van der Waals surface area contributed by atoms with E-state index in [9.17, 15) is 9.18 Å². The zero-order chi connectivity index (χ0) is 16.3. The number of amides is 1. The molecule has 0 heterocycles. The molecule has 1 aromatic rings. The van der Waals surface area contributed by atoms with Gasteiger partial charge in [-0.3, -0.25) is 4.79 Å². The van der Waals surface area contributed by atoms with Crippen LogP contribution in [0.3, 0.4) is 0 Å².